The molecule has 0 amide bonds. The van der Waals surface area contributed by atoms with E-state index in [0.717, 1.165) is 31.3 Å². The molecule has 1 aromatic heterocycles. The summed E-state index contributed by atoms with van der Waals surface area (Å²) in [7, 11) is 0. The predicted molar refractivity (Wildman–Crippen MR) is 57.5 cm³/mol. The summed E-state index contributed by atoms with van der Waals surface area (Å²) in [5.74, 6) is 0.712. The Morgan fingerprint density at radius 1 is 1.71 bits per heavy atom. The molecule has 3 nitrogen and oxygen atoms in total. The van der Waals surface area contributed by atoms with E-state index in [9.17, 15) is 0 Å². The highest BCUT2D eigenvalue weighted by Crippen LogP contribution is 2.13. The average molecular weight is 212 g/mol. The van der Waals surface area contributed by atoms with Gasteiger partial charge in [-0.25, -0.2) is 4.98 Å². The zero-order valence-corrected chi connectivity index (χ0v) is 9.27. The van der Waals surface area contributed by atoms with Crippen LogP contribution in [-0.4, -0.2) is 24.7 Å². The fourth-order valence-corrected chi connectivity index (χ4v) is 2.40. The number of nitrogens with zero attached hydrogens (tertiary/aromatic N) is 1. The summed E-state index contributed by atoms with van der Waals surface area (Å²) >= 11 is 1.77. The largest absolute Gasteiger partial charge is 0.381 e. The molecule has 4 heteroatoms. The van der Waals surface area contributed by atoms with Crippen molar-refractivity contribution < 1.29 is 4.74 Å². The number of hydrogen-bond acceptors (Lipinski definition) is 4. The summed E-state index contributed by atoms with van der Waals surface area (Å²) in [5, 5.41) is 4.59. The van der Waals surface area contributed by atoms with Gasteiger partial charge in [-0.05, 0) is 19.3 Å². The molecule has 1 N–H and O–H groups in total. The SMILES string of the molecule is Cc1ncc(CNCC2CCOC2)s1. The fraction of sp³-hybridized carbons (Fsp3) is 0.700. The number of hydrogen-bond donors (Lipinski definition) is 1. The van der Waals surface area contributed by atoms with Crippen LogP contribution < -0.4 is 5.32 Å². The third-order valence-corrected chi connectivity index (χ3v) is 3.34. The van der Waals surface area contributed by atoms with Crippen molar-refractivity contribution >= 4 is 11.3 Å². The maximum Gasteiger partial charge on any atom is 0.0897 e. The molecule has 78 valence electrons. The summed E-state index contributed by atoms with van der Waals surface area (Å²) in [4.78, 5) is 5.54. The first kappa shape index (κ1) is 10.1. The molecule has 0 spiro atoms. The zero-order chi connectivity index (χ0) is 9.80. The van der Waals surface area contributed by atoms with E-state index >= 15 is 0 Å². The molecule has 1 atom stereocenters. The topological polar surface area (TPSA) is 34.2 Å². The molecule has 0 aliphatic carbocycles. The summed E-state index contributed by atoms with van der Waals surface area (Å²) < 4.78 is 5.31. The molecule has 1 aliphatic rings. The van der Waals surface area contributed by atoms with Crippen LogP contribution in [0.15, 0.2) is 6.20 Å². The highest BCUT2D eigenvalue weighted by Gasteiger charge is 2.14. The van der Waals surface area contributed by atoms with Crippen molar-refractivity contribution in [2.75, 3.05) is 19.8 Å². The second-order valence-electron chi connectivity index (χ2n) is 3.71. The third-order valence-electron chi connectivity index (χ3n) is 2.43. The van der Waals surface area contributed by atoms with E-state index in [0.29, 0.717) is 5.92 Å². The van der Waals surface area contributed by atoms with Gasteiger partial charge in [-0.2, -0.15) is 0 Å². The van der Waals surface area contributed by atoms with Crippen molar-refractivity contribution in [1.82, 2.24) is 10.3 Å². The van der Waals surface area contributed by atoms with Gasteiger partial charge in [0.1, 0.15) is 0 Å². The monoisotopic (exact) mass is 212 g/mol. The highest BCUT2D eigenvalue weighted by atomic mass is 32.1. The zero-order valence-electron chi connectivity index (χ0n) is 8.45. The smallest absolute Gasteiger partial charge is 0.0897 e. The van der Waals surface area contributed by atoms with Gasteiger partial charge >= 0.3 is 0 Å². The first-order valence-corrected chi connectivity index (χ1v) is 5.86. The quantitative estimate of drug-likeness (QED) is 0.822. The van der Waals surface area contributed by atoms with Crippen molar-refractivity contribution in [3.8, 4) is 0 Å². The van der Waals surface area contributed by atoms with E-state index < -0.39 is 0 Å². The summed E-state index contributed by atoms with van der Waals surface area (Å²) in [6, 6.07) is 0. The van der Waals surface area contributed by atoms with E-state index in [1.54, 1.807) is 11.3 Å². The van der Waals surface area contributed by atoms with Gasteiger partial charge < -0.3 is 10.1 Å². The minimum absolute atomic E-state index is 0.712. The van der Waals surface area contributed by atoms with Gasteiger partial charge in [-0.3, -0.25) is 0 Å². The van der Waals surface area contributed by atoms with Crippen LogP contribution in [0.5, 0.6) is 0 Å². The van der Waals surface area contributed by atoms with Crippen LogP contribution in [0.1, 0.15) is 16.3 Å². The van der Waals surface area contributed by atoms with Crippen molar-refractivity contribution in [2.45, 2.75) is 19.9 Å². The van der Waals surface area contributed by atoms with Crippen LogP contribution >= 0.6 is 11.3 Å². The molecule has 1 aliphatic heterocycles. The van der Waals surface area contributed by atoms with Gasteiger partial charge in [0.05, 0.1) is 11.6 Å². The summed E-state index contributed by atoms with van der Waals surface area (Å²) in [6.07, 6.45) is 3.16. The Morgan fingerprint density at radius 2 is 2.64 bits per heavy atom. The van der Waals surface area contributed by atoms with E-state index in [1.165, 1.54) is 11.3 Å². The Morgan fingerprint density at radius 3 is 3.29 bits per heavy atom. The minimum Gasteiger partial charge on any atom is -0.381 e. The summed E-state index contributed by atoms with van der Waals surface area (Å²) in [5.41, 5.74) is 0. The second-order valence-corrected chi connectivity index (χ2v) is 5.03. The molecule has 0 radical (unpaired) electrons. The lowest BCUT2D eigenvalue weighted by atomic mass is 10.1. The lowest BCUT2D eigenvalue weighted by Crippen LogP contribution is -2.22. The molecule has 2 rings (SSSR count). The van der Waals surface area contributed by atoms with Crippen molar-refractivity contribution in [2.24, 2.45) is 5.92 Å². The van der Waals surface area contributed by atoms with Gasteiger partial charge in [-0.15, -0.1) is 11.3 Å². The molecule has 1 aromatic rings. The molecular weight excluding hydrogens is 196 g/mol. The molecule has 0 bridgehead atoms. The van der Waals surface area contributed by atoms with Gasteiger partial charge in [0.15, 0.2) is 0 Å². The molecule has 1 saturated heterocycles. The van der Waals surface area contributed by atoms with Gasteiger partial charge in [-0.1, -0.05) is 0 Å². The van der Waals surface area contributed by atoms with Crippen LogP contribution in [0.25, 0.3) is 0 Å². The highest BCUT2D eigenvalue weighted by molar-refractivity contribution is 7.11. The number of nitrogens with one attached hydrogen (secondary N) is 1. The molecule has 0 saturated carbocycles. The van der Waals surface area contributed by atoms with Crippen LogP contribution in [0.3, 0.4) is 0 Å². The number of ether oxygens (including phenoxy) is 1. The van der Waals surface area contributed by atoms with Gasteiger partial charge in [0, 0.05) is 30.8 Å². The first-order valence-electron chi connectivity index (χ1n) is 5.04. The maximum atomic E-state index is 5.31. The van der Waals surface area contributed by atoms with Gasteiger partial charge in [0.25, 0.3) is 0 Å². The Labute approximate surface area is 88.5 Å². The van der Waals surface area contributed by atoms with Crippen LogP contribution in [-0.2, 0) is 11.3 Å². The lowest BCUT2D eigenvalue weighted by Gasteiger charge is -2.07. The lowest BCUT2D eigenvalue weighted by molar-refractivity contribution is 0.185. The van der Waals surface area contributed by atoms with E-state index in [2.05, 4.69) is 10.3 Å². The van der Waals surface area contributed by atoms with Crippen LogP contribution in [0.2, 0.25) is 0 Å². The maximum absolute atomic E-state index is 5.31. The first-order chi connectivity index (χ1) is 6.84. The Bertz CT molecular complexity index is 281. The second kappa shape index (κ2) is 4.87. The van der Waals surface area contributed by atoms with E-state index in [1.807, 2.05) is 13.1 Å². The molecule has 1 fully saturated rings. The van der Waals surface area contributed by atoms with Crippen molar-refractivity contribution in [1.29, 1.82) is 0 Å². The standard InChI is InChI=1S/C10H16N2OS/c1-8-12-6-10(14-8)5-11-4-9-2-3-13-7-9/h6,9,11H,2-5,7H2,1H3. The number of thiazole rings is 1. The Hall–Kier alpha value is -0.450. The normalized spacial score (nSPS) is 21.6. The molecular formula is C10H16N2OS. The molecule has 0 aromatic carbocycles. The van der Waals surface area contributed by atoms with E-state index in [-0.39, 0.29) is 0 Å². The predicted octanol–water partition coefficient (Wildman–Crippen LogP) is 1.58. The number of aryl methyl sites for hydroxylation is 1. The average Bonchev–Trinajstić information content (AvgIpc) is 2.77. The van der Waals surface area contributed by atoms with Crippen LogP contribution in [0.4, 0.5) is 0 Å². The number of rotatable bonds is 4. The van der Waals surface area contributed by atoms with E-state index in [4.69, 9.17) is 4.74 Å². The molecule has 2 heterocycles. The van der Waals surface area contributed by atoms with Gasteiger partial charge in [0.2, 0.25) is 0 Å². The van der Waals surface area contributed by atoms with Crippen molar-refractivity contribution in [3.05, 3.63) is 16.1 Å². The minimum atomic E-state index is 0.712. The Balaban J connectivity index is 1.67. The summed E-state index contributed by atoms with van der Waals surface area (Å²) in [6.45, 7) is 5.92. The fourth-order valence-electron chi connectivity index (χ4n) is 1.63. The number of aromatic nitrogens is 1. The molecule has 14 heavy (non-hydrogen) atoms. The van der Waals surface area contributed by atoms with Crippen molar-refractivity contribution in [3.63, 3.8) is 0 Å². The third kappa shape index (κ3) is 2.77. The Kier molecular flexibility index (Phi) is 3.50. The van der Waals surface area contributed by atoms with Crippen LogP contribution in [0, 0.1) is 12.8 Å². The molecule has 1 unspecified atom stereocenters.